The van der Waals surface area contributed by atoms with Crippen LogP contribution in [0.5, 0.6) is 17.2 Å². The highest BCUT2D eigenvalue weighted by atomic mass is 16.5. The molecule has 0 spiro atoms. The minimum absolute atomic E-state index is 0.0380. The summed E-state index contributed by atoms with van der Waals surface area (Å²) in [6.07, 6.45) is -0.684. The summed E-state index contributed by atoms with van der Waals surface area (Å²) >= 11 is 0. The Labute approximate surface area is 110 Å². The summed E-state index contributed by atoms with van der Waals surface area (Å²) in [5, 5.41) is 9.43. The largest absolute Gasteiger partial charge is 0.508 e. The zero-order valence-corrected chi connectivity index (χ0v) is 10.1. The molecule has 4 heteroatoms. The second-order valence-corrected chi connectivity index (χ2v) is 4.28. The minimum atomic E-state index is -0.684. The molecular formula is C15H12O4. The van der Waals surface area contributed by atoms with Gasteiger partial charge in [-0.1, -0.05) is 18.2 Å². The molecule has 1 heterocycles. The van der Waals surface area contributed by atoms with Gasteiger partial charge < -0.3 is 14.6 Å². The van der Waals surface area contributed by atoms with Gasteiger partial charge in [-0.2, -0.15) is 0 Å². The number of ketones is 1. The van der Waals surface area contributed by atoms with E-state index >= 15 is 0 Å². The Morgan fingerprint density at radius 3 is 2.74 bits per heavy atom. The highest BCUT2D eigenvalue weighted by molar-refractivity contribution is 6.03. The number of aromatic hydroxyl groups is 1. The van der Waals surface area contributed by atoms with Crippen LogP contribution < -0.4 is 9.47 Å². The zero-order valence-electron chi connectivity index (χ0n) is 10.1. The van der Waals surface area contributed by atoms with Gasteiger partial charge in [-0.25, -0.2) is 0 Å². The number of hydrogen-bond acceptors (Lipinski definition) is 4. The lowest BCUT2D eigenvalue weighted by Gasteiger charge is -2.24. The van der Waals surface area contributed by atoms with E-state index in [9.17, 15) is 9.90 Å². The van der Waals surface area contributed by atoms with Crippen LogP contribution in [0.25, 0.3) is 0 Å². The Bertz CT molecular complexity index is 607. The summed E-state index contributed by atoms with van der Waals surface area (Å²) in [5.41, 5.74) is 0.354. The van der Waals surface area contributed by atoms with Gasteiger partial charge in [-0.15, -0.1) is 0 Å². The van der Waals surface area contributed by atoms with Crippen molar-refractivity contribution in [1.29, 1.82) is 0 Å². The first-order valence-corrected chi connectivity index (χ1v) is 5.96. The molecule has 4 nitrogen and oxygen atoms in total. The Balaban J connectivity index is 1.85. The van der Waals surface area contributed by atoms with Gasteiger partial charge in [0.1, 0.15) is 23.9 Å². The first-order chi connectivity index (χ1) is 9.24. The number of ether oxygens (including phenoxy) is 2. The van der Waals surface area contributed by atoms with Gasteiger partial charge in [0, 0.05) is 0 Å². The second-order valence-electron chi connectivity index (χ2n) is 4.28. The van der Waals surface area contributed by atoms with Gasteiger partial charge in [-0.3, -0.25) is 4.79 Å². The molecule has 2 aromatic rings. The molecule has 1 unspecified atom stereocenters. The molecule has 2 aromatic carbocycles. The van der Waals surface area contributed by atoms with Crippen molar-refractivity contribution in [2.75, 3.05) is 6.61 Å². The molecule has 0 saturated carbocycles. The third kappa shape index (κ3) is 2.25. The third-order valence-corrected chi connectivity index (χ3v) is 2.93. The van der Waals surface area contributed by atoms with Gasteiger partial charge in [0.15, 0.2) is 6.10 Å². The summed E-state index contributed by atoms with van der Waals surface area (Å²) < 4.78 is 11.1. The van der Waals surface area contributed by atoms with Crippen LogP contribution >= 0.6 is 0 Å². The molecule has 1 N–H and O–H groups in total. The maximum Gasteiger partial charge on any atom is 0.210 e. The molecule has 0 bridgehead atoms. The fourth-order valence-corrected chi connectivity index (χ4v) is 2.00. The van der Waals surface area contributed by atoms with Crippen molar-refractivity contribution in [3.05, 3.63) is 54.1 Å². The van der Waals surface area contributed by atoms with E-state index in [2.05, 4.69) is 0 Å². The average Bonchev–Trinajstić information content (AvgIpc) is 2.44. The van der Waals surface area contributed by atoms with Crippen molar-refractivity contribution >= 4 is 5.78 Å². The van der Waals surface area contributed by atoms with E-state index in [4.69, 9.17) is 9.47 Å². The van der Waals surface area contributed by atoms with Crippen molar-refractivity contribution < 1.29 is 19.4 Å². The smallest absolute Gasteiger partial charge is 0.210 e. The second kappa shape index (κ2) is 4.65. The highest BCUT2D eigenvalue weighted by Gasteiger charge is 2.30. The number of phenols is 1. The molecule has 1 aliphatic rings. The van der Waals surface area contributed by atoms with Crippen LogP contribution in [0.2, 0.25) is 0 Å². The Kier molecular flexibility index (Phi) is 2.83. The maximum absolute atomic E-state index is 12.3. The van der Waals surface area contributed by atoms with Crippen molar-refractivity contribution in [2.45, 2.75) is 6.10 Å². The number of benzene rings is 2. The molecular weight excluding hydrogens is 244 g/mol. The predicted octanol–water partition coefficient (Wildman–Crippen LogP) is 2.41. The SMILES string of the molecule is O=C1c2cc(O)ccc2OCC1Oc1ccccc1. The Morgan fingerprint density at radius 1 is 1.16 bits per heavy atom. The van der Waals surface area contributed by atoms with Gasteiger partial charge >= 0.3 is 0 Å². The van der Waals surface area contributed by atoms with Crippen LogP contribution in [-0.2, 0) is 0 Å². The van der Waals surface area contributed by atoms with E-state index < -0.39 is 6.10 Å². The predicted molar refractivity (Wildman–Crippen MR) is 68.8 cm³/mol. The van der Waals surface area contributed by atoms with Gasteiger partial charge in [0.05, 0.1) is 5.56 Å². The van der Waals surface area contributed by atoms with Crippen LogP contribution in [0.4, 0.5) is 0 Å². The average molecular weight is 256 g/mol. The van der Waals surface area contributed by atoms with E-state index in [0.717, 1.165) is 0 Å². The Morgan fingerprint density at radius 2 is 1.95 bits per heavy atom. The van der Waals surface area contributed by atoms with Crippen LogP contribution in [0.3, 0.4) is 0 Å². The Hall–Kier alpha value is -2.49. The molecule has 0 aliphatic carbocycles. The molecule has 0 radical (unpaired) electrons. The quantitative estimate of drug-likeness (QED) is 0.896. The van der Waals surface area contributed by atoms with Crippen molar-refractivity contribution in [3.63, 3.8) is 0 Å². The lowest BCUT2D eigenvalue weighted by molar-refractivity contribution is 0.0627. The third-order valence-electron chi connectivity index (χ3n) is 2.93. The van der Waals surface area contributed by atoms with E-state index in [1.807, 2.05) is 18.2 Å². The summed E-state index contributed by atoms with van der Waals surface area (Å²) in [4.78, 5) is 12.3. The number of carbonyl (C=O) groups excluding carboxylic acids is 1. The first-order valence-electron chi connectivity index (χ1n) is 5.96. The summed E-state index contributed by atoms with van der Waals surface area (Å²) in [7, 11) is 0. The number of carbonyl (C=O) groups is 1. The normalized spacial score (nSPS) is 17.5. The molecule has 19 heavy (non-hydrogen) atoms. The number of fused-ring (bicyclic) bond motifs is 1. The van der Waals surface area contributed by atoms with Crippen LogP contribution in [0.15, 0.2) is 48.5 Å². The van der Waals surface area contributed by atoms with Crippen molar-refractivity contribution in [2.24, 2.45) is 0 Å². The van der Waals surface area contributed by atoms with Crippen LogP contribution in [0.1, 0.15) is 10.4 Å². The first kappa shape index (κ1) is 11.6. The van der Waals surface area contributed by atoms with E-state index in [1.54, 1.807) is 18.2 Å². The molecule has 0 saturated heterocycles. The topological polar surface area (TPSA) is 55.8 Å². The number of para-hydroxylation sites is 1. The molecule has 1 aliphatic heterocycles. The summed E-state index contributed by atoms with van der Waals surface area (Å²) in [5.74, 6) is 0.959. The van der Waals surface area contributed by atoms with E-state index in [1.165, 1.54) is 12.1 Å². The number of phenolic OH excluding ortho intramolecular Hbond substituents is 1. The number of hydrogen-bond donors (Lipinski definition) is 1. The standard InChI is InChI=1S/C15H12O4/c16-10-6-7-13-12(8-10)15(17)14(9-18-13)19-11-4-2-1-3-5-11/h1-8,14,16H,9H2. The fourth-order valence-electron chi connectivity index (χ4n) is 2.00. The summed E-state index contributed by atoms with van der Waals surface area (Å²) in [6.45, 7) is 0.172. The number of rotatable bonds is 2. The van der Waals surface area contributed by atoms with E-state index in [-0.39, 0.29) is 18.1 Å². The van der Waals surface area contributed by atoms with Gasteiger partial charge in [-0.05, 0) is 30.3 Å². The molecule has 0 aromatic heterocycles. The minimum Gasteiger partial charge on any atom is -0.508 e. The lowest BCUT2D eigenvalue weighted by atomic mass is 10.0. The van der Waals surface area contributed by atoms with Gasteiger partial charge in [0.2, 0.25) is 5.78 Å². The fraction of sp³-hybridized carbons (Fsp3) is 0.133. The van der Waals surface area contributed by atoms with Crippen molar-refractivity contribution in [3.8, 4) is 17.2 Å². The van der Waals surface area contributed by atoms with Crippen molar-refractivity contribution in [1.82, 2.24) is 0 Å². The highest BCUT2D eigenvalue weighted by Crippen LogP contribution is 2.29. The van der Waals surface area contributed by atoms with E-state index in [0.29, 0.717) is 17.1 Å². The molecule has 0 fully saturated rings. The zero-order chi connectivity index (χ0) is 13.2. The number of Topliss-reactive ketones (excluding diaryl/α,β-unsaturated/α-hetero) is 1. The molecule has 1 atom stereocenters. The lowest BCUT2D eigenvalue weighted by Crippen LogP contribution is -2.37. The monoisotopic (exact) mass is 256 g/mol. The molecule has 3 rings (SSSR count). The van der Waals surface area contributed by atoms with Gasteiger partial charge in [0.25, 0.3) is 0 Å². The molecule has 0 amide bonds. The molecule has 96 valence electrons. The van der Waals surface area contributed by atoms with Crippen LogP contribution in [0, 0.1) is 0 Å². The van der Waals surface area contributed by atoms with Crippen LogP contribution in [-0.4, -0.2) is 23.6 Å². The maximum atomic E-state index is 12.3. The summed E-state index contributed by atoms with van der Waals surface area (Å²) in [6, 6.07) is 13.6.